The SMILES string of the molecule is Cc1nn(C)c(C)c1S(=O)(=O)Nc1cccc(Br)c1. The lowest BCUT2D eigenvalue weighted by Crippen LogP contribution is -2.14. The number of benzene rings is 1. The fourth-order valence-corrected chi connectivity index (χ4v) is 3.79. The molecular weight excluding hydrogens is 330 g/mol. The van der Waals surface area contributed by atoms with Gasteiger partial charge in [-0.3, -0.25) is 9.40 Å². The molecule has 0 aliphatic rings. The normalized spacial score (nSPS) is 11.6. The maximum absolute atomic E-state index is 12.4. The molecule has 1 aromatic carbocycles. The Bertz CT molecular complexity index is 723. The van der Waals surface area contributed by atoms with E-state index in [1.165, 1.54) is 0 Å². The van der Waals surface area contributed by atoms with E-state index in [1.54, 1.807) is 43.8 Å². The molecule has 0 spiro atoms. The van der Waals surface area contributed by atoms with Gasteiger partial charge in [-0.2, -0.15) is 5.10 Å². The third-order valence-electron chi connectivity index (χ3n) is 2.79. The smallest absolute Gasteiger partial charge is 0.265 e. The summed E-state index contributed by atoms with van der Waals surface area (Å²) in [5.74, 6) is 0. The summed E-state index contributed by atoms with van der Waals surface area (Å²) in [6, 6.07) is 7.01. The van der Waals surface area contributed by atoms with E-state index in [2.05, 4.69) is 25.8 Å². The molecule has 1 N–H and O–H groups in total. The van der Waals surface area contributed by atoms with Gasteiger partial charge in [0.15, 0.2) is 0 Å². The molecule has 2 aromatic rings. The second-order valence-electron chi connectivity index (χ2n) is 4.24. The summed E-state index contributed by atoms with van der Waals surface area (Å²) < 4.78 is 29.7. The minimum atomic E-state index is -3.62. The molecule has 0 atom stereocenters. The summed E-state index contributed by atoms with van der Waals surface area (Å²) in [5, 5.41) is 4.12. The second-order valence-corrected chi connectivity index (χ2v) is 6.77. The predicted octanol–water partition coefficient (Wildman–Crippen LogP) is 2.60. The molecule has 0 radical (unpaired) electrons. The van der Waals surface area contributed by atoms with Gasteiger partial charge in [-0.15, -0.1) is 0 Å². The number of anilines is 1. The van der Waals surface area contributed by atoms with E-state index in [0.29, 0.717) is 17.1 Å². The van der Waals surface area contributed by atoms with E-state index in [1.807, 2.05) is 6.07 Å². The van der Waals surface area contributed by atoms with E-state index in [9.17, 15) is 8.42 Å². The average Bonchev–Trinajstić information content (AvgIpc) is 2.52. The van der Waals surface area contributed by atoms with Crippen LogP contribution in [0.3, 0.4) is 0 Å². The lowest BCUT2D eigenvalue weighted by molar-refractivity contribution is 0.599. The highest BCUT2D eigenvalue weighted by molar-refractivity contribution is 9.10. The Kier molecular flexibility index (Phi) is 3.69. The largest absolute Gasteiger partial charge is 0.279 e. The molecule has 7 heteroatoms. The van der Waals surface area contributed by atoms with Crippen LogP contribution in [0.5, 0.6) is 0 Å². The van der Waals surface area contributed by atoms with Crippen molar-refractivity contribution >= 4 is 31.6 Å². The molecule has 0 saturated heterocycles. The van der Waals surface area contributed by atoms with E-state index in [4.69, 9.17) is 0 Å². The van der Waals surface area contributed by atoms with Crippen molar-refractivity contribution in [3.63, 3.8) is 0 Å². The van der Waals surface area contributed by atoms with Crippen LogP contribution in [-0.2, 0) is 17.1 Å². The van der Waals surface area contributed by atoms with E-state index >= 15 is 0 Å². The van der Waals surface area contributed by atoms with Gasteiger partial charge in [0.1, 0.15) is 4.90 Å². The van der Waals surface area contributed by atoms with Gasteiger partial charge in [-0.25, -0.2) is 8.42 Å². The summed E-state index contributed by atoms with van der Waals surface area (Å²) in [7, 11) is -1.90. The molecule has 0 bridgehead atoms. The Balaban J connectivity index is 2.44. The standard InChI is InChI=1S/C12H14BrN3O2S/c1-8-12(9(2)16(3)14-8)19(17,18)15-11-6-4-5-10(13)7-11/h4-7,15H,1-3H3. The van der Waals surface area contributed by atoms with E-state index in [-0.39, 0.29) is 4.90 Å². The molecule has 0 aliphatic heterocycles. The molecular formula is C12H14BrN3O2S. The predicted molar refractivity (Wildman–Crippen MR) is 77.6 cm³/mol. The Morgan fingerprint density at radius 3 is 2.53 bits per heavy atom. The molecule has 0 amide bonds. The number of halogens is 1. The molecule has 102 valence electrons. The summed E-state index contributed by atoms with van der Waals surface area (Å²) in [6.07, 6.45) is 0. The number of aromatic nitrogens is 2. The van der Waals surface area contributed by atoms with Gasteiger partial charge in [0.25, 0.3) is 10.0 Å². The minimum Gasteiger partial charge on any atom is -0.279 e. The first kappa shape index (κ1) is 14.1. The van der Waals surface area contributed by atoms with Crippen LogP contribution in [-0.4, -0.2) is 18.2 Å². The summed E-state index contributed by atoms with van der Waals surface area (Å²) in [5.41, 5.74) is 1.61. The van der Waals surface area contributed by atoms with Gasteiger partial charge in [0.05, 0.1) is 11.4 Å². The first-order valence-corrected chi connectivity index (χ1v) is 7.87. The lowest BCUT2D eigenvalue weighted by atomic mass is 10.3. The van der Waals surface area contributed by atoms with Gasteiger partial charge in [0, 0.05) is 17.2 Å². The fraction of sp³-hybridized carbons (Fsp3) is 0.250. The van der Waals surface area contributed by atoms with Gasteiger partial charge < -0.3 is 0 Å². The maximum atomic E-state index is 12.4. The minimum absolute atomic E-state index is 0.231. The highest BCUT2D eigenvalue weighted by Gasteiger charge is 2.23. The molecule has 0 saturated carbocycles. The van der Waals surface area contributed by atoms with Crippen LogP contribution < -0.4 is 4.72 Å². The lowest BCUT2D eigenvalue weighted by Gasteiger charge is -2.08. The van der Waals surface area contributed by atoms with E-state index in [0.717, 1.165) is 4.47 Å². The maximum Gasteiger partial charge on any atom is 0.265 e. The Morgan fingerprint density at radius 2 is 2.00 bits per heavy atom. The van der Waals surface area contributed by atoms with Crippen molar-refractivity contribution in [1.29, 1.82) is 0 Å². The number of hydrogen-bond donors (Lipinski definition) is 1. The van der Waals surface area contributed by atoms with Gasteiger partial charge in [-0.05, 0) is 32.0 Å². The van der Waals surface area contributed by atoms with Crippen LogP contribution in [0.15, 0.2) is 33.6 Å². The molecule has 19 heavy (non-hydrogen) atoms. The second kappa shape index (κ2) is 4.97. The van der Waals surface area contributed by atoms with Gasteiger partial charge >= 0.3 is 0 Å². The Morgan fingerprint density at radius 1 is 1.32 bits per heavy atom. The van der Waals surface area contributed by atoms with Crippen LogP contribution in [0.1, 0.15) is 11.4 Å². The molecule has 5 nitrogen and oxygen atoms in total. The third kappa shape index (κ3) is 2.82. The van der Waals surface area contributed by atoms with Crippen molar-refractivity contribution in [3.8, 4) is 0 Å². The molecule has 0 aliphatic carbocycles. The summed E-state index contributed by atoms with van der Waals surface area (Å²) in [6.45, 7) is 3.41. The zero-order valence-corrected chi connectivity index (χ0v) is 13.2. The monoisotopic (exact) mass is 343 g/mol. The van der Waals surface area contributed by atoms with Crippen LogP contribution in [0, 0.1) is 13.8 Å². The summed E-state index contributed by atoms with van der Waals surface area (Å²) >= 11 is 3.31. The van der Waals surface area contributed by atoms with Crippen molar-refractivity contribution < 1.29 is 8.42 Å². The zero-order valence-electron chi connectivity index (χ0n) is 10.8. The highest BCUT2D eigenvalue weighted by Crippen LogP contribution is 2.23. The molecule has 1 aromatic heterocycles. The van der Waals surface area contributed by atoms with Crippen LogP contribution in [0.4, 0.5) is 5.69 Å². The number of nitrogens with zero attached hydrogens (tertiary/aromatic N) is 2. The van der Waals surface area contributed by atoms with Gasteiger partial charge in [0.2, 0.25) is 0 Å². The number of hydrogen-bond acceptors (Lipinski definition) is 3. The van der Waals surface area contributed by atoms with Crippen LogP contribution in [0.2, 0.25) is 0 Å². The number of rotatable bonds is 3. The first-order valence-electron chi connectivity index (χ1n) is 5.60. The average molecular weight is 344 g/mol. The van der Waals surface area contributed by atoms with Crippen LogP contribution >= 0.6 is 15.9 Å². The quantitative estimate of drug-likeness (QED) is 0.931. The molecule has 1 heterocycles. The van der Waals surface area contributed by atoms with Crippen LogP contribution in [0.25, 0.3) is 0 Å². The Labute approximate surface area is 120 Å². The fourth-order valence-electron chi connectivity index (χ4n) is 1.90. The van der Waals surface area contributed by atoms with E-state index < -0.39 is 10.0 Å². The third-order valence-corrected chi connectivity index (χ3v) is 4.91. The molecule has 0 fully saturated rings. The van der Waals surface area contributed by atoms with Crippen molar-refractivity contribution in [2.24, 2.45) is 7.05 Å². The van der Waals surface area contributed by atoms with Crippen molar-refractivity contribution in [2.45, 2.75) is 18.7 Å². The number of nitrogens with one attached hydrogen (secondary N) is 1. The number of sulfonamides is 1. The van der Waals surface area contributed by atoms with Gasteiger partial charge in [-0.1, -0.05) is 22.0 Å². The first-order chi connectivity index (χ1) is 8.81. The molecule has 2 rings (SSSR count). The molecule has 0 unspecified atom stereocenters. The Hall–Kier alpha value is -1.34. The van der Waals surface area contributed by atoms with Crippen molar-refractivity contribution in [1.82, 2.24) is 9.78 Å². The van der Waals surface area contributed by atoms with Crippen molar-refractivity contribution in [3.05, 3.63) is 40.1 Å². The summed E-state index contributed by atoms with van der Waals surface area (Å²) in [4.78, 5) is 0.231. The highest BCUT2D eigenvalue weighted by atomic mass is 79.9. The topological polar surface area (TPSA) is 64.0 Å². The zero-order chi connectivity index (χ0) is 14.2. The van der Waals surface area contributed by atoms with Crippen molar-refractivity contribution in [2.75, 3.05) is 4.72 Å². The number of aryl methyl sites for hydroxylation is 2.